The third-order valence-electron chi connectivity index (χ3n) is 3.45. The summed E-state index contributed by atoms with van der Waals surface area (Å²) in [5.41, 5.74) is 1.30. The van der Waals surface area contributed by atoms with Crippen molar-refractivity contribution in [3.8, 4) is 0 Å². The Labute approximate surface area is 140 Å². The van der Waals surface area contributed by atoms with E-state index in [9.17, 15) is 9.59 Å². The van der Waals surface area contributed by atoms with Gasteiger partial charge < -0.3 is 19.4 Å². The van der Waals surface area contributed by atoms with Gasteiger partial charge in [-0.25, -0.2) is 4.79 Å². The molecule has 0 saturated carbocycles. The number of rotatable bonds is 5. The highest BCUT2D eigenvalue weighted by molar-refractivity contribution is 6.37. The topological polar surface area (TPSA) is 103 Å². The number of nitrogens with zero attached hydrogens (tertiary/aromatic N) is 2. The molecule has 2 rings (SSSR count). The van der Waals surface area contributed by atoms with Crippen molar-refractivity contribution in [2.24, 2.45) is 5.16 Å². The van der Waals surface area contributed by atoms with Crippen LogP contribution in [0.4, 0.5) is 0 Å². The first kappa shape index (κ1) is 18.0. The molecule has 24 heavy (non-hydrogen) atoms. The highest BCUT2D eigenvalue weighted by Crippen LogP contribution is 2.16. The maximum absolute atomic E-state index is 12.1. The molecule has 0 saturated heterocycles. The van der Waals surface area contributed by atoms with E-state index < -0.39 is 17.7 Å². The van der Waals surface area contributed by atoms with Crippen LogP contribution in [-0.2, 0) is 25.6 Å². The zero-order valence-electron chi connectivity index (χ0n) is 14.6. The molecular formula is C16H23N3O5. The molecule has 2 heterocycles. The Bertz CT molecular complexity index is 638. The van der Waals surface area contributed by atoms with Crippen molar-refractivity contribution < 1.29 is 23.7 Å². The van der Waals surface area contributed by atoms with Crippen LogP contribution in [0.2, 0.25) is 0 Å². The second-order valence-electron chi connectivity index (χ2n) is 6.68. The van der Waals surface area contributed by atoms with Crippen LogP contribution in [-0.4, -0.2) is 41.0 Å². The predicted octanol–water partition coefficient (Wildman–Crippen LogP) is 1.44. The number of hydrogen-bond donors (Lipinski definition) is 1. The van der Waals surface area contributed by atoms with Crippen LogP contribution in [0.25, 0.3) is 0 Å². The Morgan fingerprint density at radius 1 is 1.33 bits per heavy atom. The lowest BCUT2D eigenvalue weighted by atomic mass is 10.1. The van der Waals surface area contributed by atoms with Gasteiger partial charge in [0.1, 0.15) is 11.4 Å². The fraction of sp³-hybridized carbons (Fsp3) is 0.625. The summed E-state index contributed by atoms with van der Waals surface area (Å²) in [6.07, 6.45) is -0.0944. The van der Waals surface area contributed by atoms with E-state index in [1.54, 1.807) is 20.8 Å². The van der Waals surface area contributed by atoms with Gasteiger partial charge in [0.05, 0.1) is 5.69 Å². The van der Waals surface area contributed by atoms with Gasteiger partial charge in [-0.1, -0.05) is 10.3 Å². The molecule has 8 heteroatoms. The molecule has 132 valence electrons. The Morgan fingerprint density at radius 2 is 2.04 bits per heavy atom. The van der Waals surface area contributed by atoms with Gasteiger partial charge in [0, 0.05) is 18.5 Å². The molecule has 1 aliphatic rings. The largest absolute Gasteiger partial charge is 0.455 e. The number of carbonyl (C=O) groups is 2. The summed E-state index contributed by atoms with van der Waals surface area (Å²) in [4.78, 5) is 29.0. The molecule has 1 aromatic heterocycles. The fourth-order valence-electron chi connectivity index (χ4n) is 2.26. The van der Waals surface area contributed by atoms with Crippen LogP contribution in [0.15, 0.2) is 9.68 Å². The Hall–Kier alpha value is -2.38. The zero-order valence-corrected chi connectivity index (χ0v) is 14.6. The maximum Gasteiger partial charge on any atom is 0.356 e. The van der Waals surface area contributed by atoms with Gasteiger partial charge in [-0.2, -0.15) is 0 Å². The normalized spacial score (nSPS) is 17.2. The number of esters is 1. The van der Waals surface area contributed by atoms with Crippen LogP contribution >= 0.6 is 0 Å². The lowest BCUT2D eigenvalue weighted by Gasteiger charge is -2.18. The molecule has 0 aliphatic carbocycles. The van der Waals surface area contributed by atoms with Crippen molar-refractivity contribution in [1.82, 2.24) is 10.5 Å². The van der Waals surface area contributed by atoms with Gasteiger partial charge in [0.15, 0.2) is 5.71 Å². The third kappa shape index (κ3) is 4.56. The number of nitrogens with one attached hydrogen (secondary N) is 1. The van der Waals surface area contributed by atoms with Crippen molar-refractivity contribution in [3.05, 3.63) is 17.0 Å². The van der Waals surface area contributed by atoms with E-state index in [0.29, 0.717) is 13.0 Å². The number of aryl methyl sites for hydroxylation is 2. The molecule has 1 N–H and O–H groups in total. The van der Waals surface area contributed by atoms with Crippen LogP contribution in [0.5, 0.6) is 0 Å². The van der Waals surface area contributed by atoms with Crippen molar-refractivity contribution in [1.29, 1.82) is 0 Å². The standard InChI is InChI=1S/C16H23N3O5/c1-9-11(10(2)23-18-9)6-7-17-14(20)13-8-12(19-24-13)15(21)22-16(3,4)5/h13H,6-8H2,1-5H3,(H,17,20). The second-order valence-corrected chi connectivity index (χ2v) is 6.68. The molecule has 1 aromatic rings. The van der Waals surface area contributed by atoms with E-state index in [1.165, 1.54) is 0 Å². The molecule has 0 bridgehead atoms. The molecule has 1 atom stereocenters. The first-order valence-corrected chi connectivity index (χ1v) is 7.83. The average Bonchev–Trinajstić information content (AvgIpc) is 3.07. The first-order chi connectivity index (χ1) is 11.2. The monoisotopic (exact) mass is 337 g/mol. The van der Waals surface area contributed by atoms with E-state index in [1.807, 2.05) is 13.8 Å². The lowest BCUT2D eigenvalue weighted by Crippen LogP contribution is -2.37. The van der Waals surface area contributed by atoms with E-state index in [4.69, 9.17) is 14.1 Å². The summed E-state index contributed by atoms with van der Waals surface area (Å²) in [7, 11) is 0. The highest BCUT2D eigenvalue weighted by Gasteiger charge is 2.33. The number of carbonyl (C=O) groups excluding carboxylic acids is 2. The molecule has 0 spiro atoms. The molecule has 0 aromatic carbocycles. The molecule has 0 radical (unpaired) electrons. The highest BCUT2D eigenvalue weighted by atomic mass is 16.7. The van der Waals surface area contributed by atoms with Crippen LogP contribution in [0, 0.1) is 13.8 Å². The Kier molecular flexibility index (Phi) is 5.26. The van der Waals surface area contributed by atoms with E-state index in [-0.39, 0.29) is 18.0 Å². The van der Waals surface area contributed by atoms with Crippen molar-refractivity contribution in [2.45, 2.75) is 59.2 Å². The Balaban J connectivity index is 1.78. The van der Waals surface area contributed by atoms with Crippen LogP contribution in [0.3, 0.4) is 0 Å². The van der Waals surface area contributed by atoms with E-state index >= 15 is 0 Å². The first-order valence-electron chi connectivity index (χ1n) is 7.83. The molecule has 0 fully saturated rings. The van der Waals surface area contributed by atoms with Gasteiger partial charge in [-0.05, 0) is 41.0 Å². The van der Waals surface area contributed by atoms with Gasteiger partial charge in [0.25, 0.3) is 5.91 Å². The molecule has 1 unspecified atom stereocenters. The lowest BCUT2D eigenvalue weighted by molar-refractivity contribution is -0.146. The van der Waals surface area contributed by atoms with Crippen LogP contribution in [0.1, 0.15) is 44.2 Å². The van der Waals surface area contributed by atoms with E-state index in [2.05, 4.69) is 15.6 Å². The summed E-state index contributed by atoms with van der Waals surface area (Å²) < 4.78 is 10.3. The summed E-state index contributed by atoms with van der Waals surface area (Å²) in [5.74, 6) is -0.132. The number of ether oxygens (including phenoxy) is 1. The van der Waals surface area contributed by atoms with Crippen molar-refractivity contribution >= 4 is 17.6 Å². The van der Waals surface area contributed by atoms with Gasteiger partial charge >= 0.3 is 5.97 Å². The minimum absolute atomic E-state index is 0.103. The minimum atomic E-state index is -0.808. The van der Waals surface area contributed by atoms with Gasteiger partial charge in [0.2, 0.25) is 6.10 Å². The van der Waals surface area contributed by atoms with Crippen LogP contribution < -0.4 is 5.32 Å². The number of amides is 1. The predicted molar refractivity (Wildman–Crippen MR) is 85.5 cm³/mol. The quantitative estimate of drug-likeness (QED) is 0.816. The number of aromatic nitrogens is 1. The summed E-state index contributed by atoms with van der Waals surface area (Å²) in [5, 5.41) is 10.3. The minimum Gasteiger partial charge on any atom is -0.455 e. The zero-order chi connectivity index (χ0) is 17.9. The molecule has 1 amide bonds. The SMILES string of the molecule is Cc1noc(C)c1CCNC(=O)C1CC(C(=O)OC(C)(C)C)=NO1. The smallest absolute Gasteiger partial charge is 0.356 e. The van der Waals surface area contributed by atoms with Crippen molar-refractivity contribution in [3.63, 3.8) is 0 Å². The average molecular weight is 337 g/mol. The summed E-state index contributed by atoms with van der Waals surface area (Å²) >= 11 is 0. The van der Waals surface area contributed by atoms with Gasteiger partial charge in [-0.3, -0.25) is 4.79 Å². The summed E-state index contributed by atoms with van der Waals surface area (Å²) in [6, 6.07) is 0. The fourth-order valence-corrected chi connectivity index (χ4v) is 2.26. The molecule has 8 nitrogen and oxygen atoms in total. The summed E-state index contributed by atoms with van der Waals surface area (Å²) in [6.45, 7) is 9.40. The van der Waals surface area contributed by atoms with E-state index in [0.717, 1.165) is 17.0 Å². The van der Waals surface area contributed by atoms with Crippen molar-refractivity contribution in [2.75, 3.05) is 6.54 Å². The molecule has 1 aliphatic heterocycles. The number of oxime groups is 1. The third-order valence-corrected chi connectivity index (χ3v) is 3.45. The second kappa shape index (κ2) is 7.02. The maximum atomic E-state index is 12.1. The Morgan fingerprint density at radius 3 is 2.62 bits per heavy atom. The number of hydrogen-bond acceptors (Lipinski definition) is 7. The van der Waals surface area contributed by atoms with Gasteiger partial charge in [-0.15, -0.1) is 0 Å². The molecular weight excluding hydrogens is 314 g/mol.